The molecule has 6 aromatic carbocycles. The van der Waals surface area contributed by atoms with Crippen molar-refractivity contribution < 1.29 is 14.3 Å². The van der Waals surface area contributed by atoms with Crippen LogP contribution in [0.25, 0.3) is 117 Å². The number of benzene rings is 6. The predicted octanol–water partition coefficient (Wildman–Crippen LogP) is 17.6. The molecular formula is C100H100N22O3S. The fourth-order valence-electron chi connectivity index (χ4n) is 18.3. The summed E-state index contributed by atoms with van der Waals surface area (Å²) in [5, 5.41) is 12.8. The van der Waals surface area contributed by atoms with Crippen molar-refractivity contribution in [2.45, 2.75) is 126 Å². The number of nitrogens with zero attached hydrogens (tertiary/aromatic N) is 17. The summed E-state index contributed by atoms with van der Waals surface area (Å²) >= 11 is 1.80. The molecule has 0 spiro atoms. The lowest BCUT2D eigenvalue weighted by Crippen LogP contribution is -2.52. The number of aromatic nitrogens is 14. The van der Waals surface area contributed by atoms with Crippen molar-refractivity contribution in [2.24, 2.45) is 0 Å². The van der Waals surface area contributed by atoms with Gasteiger partial charge < -0.3 is 47.1 Å². The minimum Gasteiger partial charge on any atom is -0.460 e. The molecule has 3 aliphatic carbocycles. The van der Waals surface area contributed by atoms with Gasteiger partial charge in [-0.3, -0.25) is 18.1 Å². The molecule has 26 heteroatoms. The highest BCUT2D eigenvalue weighted by Gasteiger charge is 2.41. The van der Waals surface area contributed by atoms with Gasteiger partial charge in [-0.15, -0.1) is 11.3 Å². The first kappa shape index (κ1) is 80.9. The number of nitrogens with two attached hydrogens (primary N) is 3. The van der Waals surface area contributed by atoms with Crippen molar-refractivity contribution in [1.82, 2.24) is 93.4 Å². The summed E-state index contributed by atoms with van der Waals surface area (Å²) in [5.41, 5.74) is 35.9. The monoisotopic (exact) mass is 1690 g/mol. The molecule has 2 saturated heterocycles. The highest BCUT2D eigenvalue weighted by atomic mass is 32.1. The number of piperidine rings is 1. The topological polar surface area (TPSA) is 302 Å². The van der Waals surface area contributed by atoms with Gasteiger partial charge in [0.1, 0.15) is 80.3 Å². The number of anilines is 3. The third-order valence-electron chi connectivity index (χ3n) is 25.3. The van der Waals surface area contributed by atoms with E-state index in [0.717, 1.165) is 231 Å². The van der Waals surface area contributed by atoms with Crippen molar-refractivity contribution >= 4 is 84.1 Å². The number of likely N-dealkylation sites (tertiary alicyclic amines) is 1. The van der Waals surface area contributed by atoms with Crippen LogP contribution in [0.1, 0.15) is 112 Å². The molecule has 8 N–H and O–H groups in total. The SMILES string of the molecule is CC(C)(C)OC(=O)N1CCN(CCNC2CC(c3nc(-c4ccc5ccc(-c6ccccc6)nc5c4)c4c(N)nccn34)C2)CC1.Nc1nccn2c(C3CC(N4CCC(Oc5ncccn5)CC4)C3)nc(-c3ccc4ccc(-c5ccccc5)nc4c3)c12.Nc1nccn2c(C3CC(NCc4cccs4)C3)nc(-c3ccc4ccc(-c5ccccc5)nc4c3)c12. The first-order valence-corrected chi connectivity index (χ1v) is 44.7. The van der Waals surface area contributed by atoms with Gasteiger partial charge in [0, 0.05) is 199 Å². The number of carbonyl (C=O) groups is 1. The van der Waals surface area contributed by atoms with Crippen molar-refractivity contribution in [3.05, 3.63) is 277 Å². The lowest BCUT2D eigenvalue weighted by atomic mass is 9.78. The number of piperazine rings is 1. The number of nitrogen functional groups attached to an aromatic ring is 3. The summed E-state index contributed by atoms with van der Waals surface area (Å²) in [6.07, 6.45) is 22.9. The molecular weight excluding hydrogens is 1590 g/mol. The van der Waals surface area contributed by atoms with E-state index < -0.39 is 5.60 Å². The fourth-order valence-corrected chi connectivity index (χ4v) is 19.0. The third-order valence-corrected chi connectivity index (χ3v) is 26.1. The molecule has 126 heavy (non-hydrogen) atoms. The average molecular weight is 1690 g/mol. The van der Waals surface area contributed by atoms with Crippen LogP contribution in [-0.4, -0.2) is 171 Å². The zero-order chi connectivity index (χ0) is 85.4. The van der Waals surface area contributed by atoms with Crippen LogP contribution in [0.4, 0.5) is 22.2 Å². The number of hydrogen-bond acceptors (Lipinski definition) is 22. The van der Waals surface area contributed by atoms with Crippen LogP contribution in [0, 0.1) is 0 Å². The van der Waals surface area contributed by atoms with E-state index in [4.69, 9.17) is 56.6 Å². The number of fused-ring (bicyclic) bond motifs is 6. The molecule has 634 valence electrons. The smallest absolute Gasteiger partial charge is 0.410 e. The zero-order valence-electron chi connectivity index (χ0n) is 70.8. The lowest BCUT2D eigenvalue weighted by Gasteiger charge is -2.45. The van der Waals surface area contributed by atoms with Crippen molar-refractivity contribution in [1.29, 1.82) is 0 Å². The van der Waals surface area contributed by atoms with Crippen LogP contribution in [-0.2, 0) is 11.3 Å². The number of pyridine rings is 3. The Kier molecular flexibility index (Phi) is 22.6. The second kappa shape index (κ2) is 35.3. The molecule has 1 amide bonds. The Morgan fingerprint density at radius 2 is 0.865 bits per heavy atom. The first-order chi connectivity index (χ1) is 61.6. The van der Waals surface area contributed by atoms with Gasteiger partial charge in [-0.05, 0) is 126 Å². The minimum atomic E-state index is -0.465. The Morgan fingerprint density at radius 1 is 0.444 bits per heavy atom. The van der Waals surface area contributed by atoms with E-state index in [0.29, 0.717) is 72.4 Å². The molecule has 3 saturated carbocycles. The molecule has 0 unspecified atom stereocenters. The molecule has 2 aliphatic heterocycles. The molecule has 22 rings (SSSR count). The number of imidazole rings is 3. The average Bonchev–Trinajstić information content (AvgIpc) is 1.60. The van der Waals surface area contributed by atoms with E-state index in [1.807, 2.05) is 98.9 Å². The molecule has 0 radical (unpaired) electrons. The maximum absolute atomic E-state index is 12.4. The van der Waals surface area contributed by atoms with E-state index in [1.54, 1.807) is 48.4 Å². The number of hydrogen-bond donors (Lipinski definition) is 5. The Morgan fingerprint density at radius 3 is 1.29 bits per heavy atom. The van der Waals surface area contributed by atoms with Crippen molar-refractivity contribution in [3.8, 4) is 73.6 Å². The zero-order valence-corrected chi connectivity index (χ0v) is 71.6. The van der Waals surface area contributed by atoms with E-state index in [-0.39, 0.29) is 12.2 Å². The summed E-state index contributed by atoms with van der Waals surface area (Å²) in [6.45, 7) is 13.7. The van der Waals surface area contributed by atoms with Gasteiger partial charge in [0.15, 0.2) is 0 Å². The number of ether oxygens (including phenoxy) is 2. The summed E-state index contributed by atoms with van der Waals surface area (Å²) in [6, 6.07) is 70.4. The van der Waals surface area contributed by atoms with E-state index in [2.05, 4.69) is 203 Å². The van der Waals surface area contributed by atoms with E-state index >= 15 is 0 Å². The Hall–Kier alpha value is -13.5. The van der Waals surface area contributed by atoms with Crippen LogP contribution in [0.3, 0.4) is 0 Å². The maximum atomic E-state index is 12.4. The minimum absolute atomic E-state index is 0.170. The summed E-state index contributed by atoms with van der Waals surface area (Å²) in [7, 11) is 0. The third kappa shape index (κ3) is 17.2. The van der Waals surface area contributed by atoms with Gasteiger partial charge in [0.2, 0.25) is 0 Å². The number of amides is 1. The van der Waals surface area contributed by atoms with Crippen LogP contribution < -0.4 is 32.6 Å². The Balaban J connectivity index is 0.000000120. The highest BCUT2D eigenvalue weighted by molar-refractivity contribution is 7.09. The standard InChI is InChI=1S/C36H42N8O2.C34H32N8O.C30H26N6S/c1-36(2,3)46-35(45)43-19-17-42(18-20-43)15-13-38-28-21-27(22-28)34-41-31(32-33(37)39-14-16-44(32)34)26-10-9-25-11-12-29(40-30(25)23-26)24-7-5-4-6-8-24;35-32-31-30(24-8-7-23-9-10-28(39-29(23)21-24)22-5-2-1-3-6-22)40-33(42(31)18-15-36-32)25-19-26(20-25)41-16-11-27(12-17-41)43-34-37-13-4-14-38-34;31-29-28-27(21-9-8-20-10-11-25(34-26(20)17-21)19-5-2-1-3-6-19)35-30(36(28)13-12-32-29)22-15-23(16-22)33-18-24-7-4-14-37-24/h4-12,14,16,23,27-28,38H,13,15,17-22H2,1-3H3,(H2,37,39);1-10,13-15,18,21,25-27H,11-12,16-17,19-20H2,(H2,35,36);1-14,17,22-23,33H,15-16,18H2,(H2,31,32). The van der Waals surface area contributed by atoms with Crippen LogP contribution in [0.5, 0.6) is 6.01 Å². The fraction of sp³-hybridized carbons (Fsp3) is 0.280. The number of nitrogens with one attached hydrogen (secondary N) is 2. The lowest BCUT2D eigenvalue weighted by molar-refractivity contribution is 0.0145. The van der Waals surface area contributed by atoms with Gasteiger partial charge in [0.05, 0.1) is 33.6 Å². The number of rotatable bonds is 19. The molecule has 0 bridgehead atoms. The highest BCUT2D eigenvalue weighted by Crippen LogP contribution is 2.46. The summed E-state index contributed by atoms with van der Waals surface area (Å²) in [4.78, 5) is 72.7. The maximum Gasteiger partial charge on any atom is 0.410 e. The Labute approximate surface area is 734 Å². The van der Waals surface area contributed by atoms with Crippen molar-refractivity contribution in [3.63, 3.8) is 0 Å². The van der Waals surface area contributed by atoms with Crippen LogP contribution in [0.15, 0.2) is 255 Å². The number of carbonyl (C=O) groups excluding carboxylic acids is 1. The summed E-state index contributed by atoms with van der Waals surface area (Å²) in [5.74, 6) is 5.68. The second-order valence-electron chi connectivity index (χ2n) is 34.6. The van der Waals surface area contributed by atoms with Gasteiger partial charge in [-0.25, -0.2) is 59.6 Å². The molecule has 0 atom stereocenters. The van der Waals surface area contributed by atoms with Crippen LogP contribution in [0.2, 0.25) is 0 Å². The number of thiophene rings is 1. The molecule has 13 heterocycles. The Bertz CT molecular complexity index is 6730. The van der Waals surface area contributed by atoms with Gasteiger partial charge in [-0.2, -0.15) is 0 Å². The van der Waals surface area contributed by atoms with Crippen molar-refractivity contribution in [2.75, 3.05) is 69.6 Å². The molecule has 5 aliphatic rings. The van der Waals surface area contributed by atoms with E-state index in [9.17, 15) is 4.79 Å². The quantitative estimate of drug-likeness (QED) is 0.0502. The normalized spacial score (nSPS) is 18.6. The predicted molar refractivity (Wildman–Crippen MR) is 499 cm³/mol. The molecule has 5 fully saturated rings. The first-order valence-electron chi connectivity index (χ1n) is 43.8. The summed E-state index contributed by atoms with van der Waals surface area (Å²) < 4.78 is 17.9. The second-order valence-corrected chi connectivity index (χ2v) is 35.7. The molecule has 25 nitrogen and oxygen atoms in total. The van der Waals surface area contributed by atoms with E-state index in [1.165, 1.54) is 4.88 Å². The molecule has 11 aromatic heterocycles. The van der Waals surface area contributed by atoms with Crippen LogP contribution >= 0.6 is 11.3 Å². The van der Waals surface area contributed by atoms with Gasteiger partial charge >= 0.3 is 12.1 Å². The molecule has 17 aromatic rings. The largest absolute Gasteiger partial charge is 0.460 e. The van der Waals surface area contributed by atoms with Gasteiger partial charge in [0.25, 0.3) is 0 Å². The van der Waals surface area contributed by atoms with Gasteiger partial charge in [-0.1, -0.05) is 152 Å².